The summed E-state index contributed by atoms with van der Waals surface area (Å²) in [4.78, 5) is 1.86. The first-order valence-corrected chi connectivity index (χ1v) is 7.15. The fourth-order valence-electron chi connectivity index (χ4n) is 2.18. The molecule has 0 fully saturated rings. The Hall–Kier alpha value is -1.12. The first-order chi connectivity index (χ1) is 9.10. The number of aliphatic hydroxyl groups is 1. The Bertz CT molecular complexity index is 469. The zero-order valence-corrected chi connectivity index (χ0v) is 12.7. The average Bonchev–Trinajstić information content (AvgIpc) is 2.42. The van der Waals surface area contributed by atoms with Crippen molar-refractivity contribution < 1.29 is 9.50 Å². The number of aliphatic hydroxyl groups excluding tert-OH is 1. The molecule has 5 heteroatoms. The monoisotopic (exact) mass is 328 g/mol. The van der Waals surface area contributed by atoms with E-state index in [4.69, 9.17) is 5.26 Å². The normalized spacial score (nSPS) is 10.6. The van der Waals surface area contributed by atoms with E-state index in [1.54, 1.807) is 12.1 Å². The van der Waals surface area contributed by atoms with Crippen molar-refractivity contribution in [3.8, 4) is 6.07 Å². The van der Waals surface area contributed by atoms with Crippen molar-refractivity contribution in [1.29, 1.82) is 5.26 Å². The van der Waals surface area contributed by atoms with Crippen molar-refractivity contribution in [3.63, 3.8) is 0 Å². The topological polar surface area (TPSA) is 47.3 Å². The lowest BCUT2D eigenvalue weighted by Gasteiger charge is -2.32. The van der Waals surface area contributed by atoms with Crippen LogP contribution in [0.15, 0.2) is 16.6 Å². The van der Waals surface area contributed by atoms with Crippen molar-refractivity contribution in [2.75, 3.05) is 18.1 Å². The average molecular weight is 329 g/mol. The largest absolute Gasteiger partial charge is 0.395 e. The van der Waals surface area contributed by atoms with E-state index in [0.717, 1.165) is 12.8 Å². The van der Waals surface area contributed by atoms with Crippen LogP contribution in [-0.2, 0) is 0 Å². The molecule has 0 aliphatic carbocycles. The molecule has 1 aromatic rings. The molecule has 0 aliphatic heterocycles. The summed E-state index contributed by atoms with van der Waals surface area (Å²) in [7, 11) is 0. The third kappa shape index (κ3) is 3.46. The Labute approximate surface area is 121 Å². The molecule has 0 aliphatic rings. The number of anilines is 1. The van der Waals surface area contributed by atoms with Crippen LogP contribution in [0.5, 0.6) is 0 Å². The van der Waals surface area contributed by atoms with Crippen molar-refractivity contribution in [2.24, 2.45) is 0 Å². The van der Waals surface area contributed by atoms with Crippen LogP contribution in [0, 0.1) is 17.1 Å². The maximum Gasteiger partial charge on any atom is 0.161 e. The highest BCUT2D eigenvalue weighted by molar-refractivity contribution is 9.10. The third-order valence-electron chi connectivity index (χ3n) is 3.22. The molecule has 0 bridgehead atoms. The molecule has 0 amide bonds. The second-order valence-corrected chi connectivity index (χ2v) is 5.05. The summed E-state index contributed by atoms with van der Waals surface area (Å²) in [6, 6.07) is 5.30. The Morgan fingerprint density at radius 2 is 2.05 bits per heavy atom. The van der Waals surface area contributed by atoms with Crippen LogP contribution < -0.4 is 4.90 Å². The molecular weight excluding hydrogens is 311 g/mol. The van der Waals surface area contributed by atoms with Gasteiger partial charge in [0.05, 0.1) is 22.3 Å². The fraction of sp³-hybridized carbons (Fsp3) is 0.500. The highest BCUT2D eigenvalue weighted by Crippen LogP contribution is 2.31. The van der Waals surface area contributed by atoms with E-state index in [1.807, 2.05) is 24.8 Å². The van der Waals surface area contributed by atoms with Gasteiger partial charge in [-0.1, -0.05) is 13.8 Å². The van der Waals surface area contributed by atoms with Gasteiger partial charge in [0.25, 0.3) is 0 Å². The van der Waals surface area contributed by atoms with Gasteiger partial charge in [-0.2, -0.15) is 5.26 Å². The fourth-order valence-corrected chi connectivity index (χ4v) is 2.61. The summed E-state index contributed by atoms with van der Waals surface area (Å²) < 4.78 is 14.5. The van der Waals surface area contributed by atoms with E-state index >= 15 is 0 Å². The van der Waals surface area contributed by atoms with Gasteiger partial charge in [0.15, 0.2) is 5.82 Å². The minimum Gasteiger partial charge on any atom is -0.395 e. The minimum atomic E-state index is -0.445. The smallest absolute Gasteiger partial charge is 0.161 e. The molecule has 104 valence electrons. The number of rotatable bonds is 6. The molecule has 0 saturated carbocycles. The molecule has 0 radical (unpaired) electrons. The molecule has 0 saturated heterocycles. The summed E-state index contributed by atoms with van der Waals surface area (Å²) in [5.74, 6) is -0.445. The van der Waals surface area contributed by atoms with Gasteiger partial charge in [0, 0.05) is 12.6 Å². The molecular formula is C14H18BrFN2O. The highest BCUT2D eigenvalue weighted by atomic mass is 79.9. The molecule has 19 heavy (non-hydrogen) atoms. The lowest BCUT2D eigenvalue weighted by atomic mass is 10.1. The van der Waals surface area contributed by atoms with E-state index in [0.29, 0.717) is 12.2 Å². The van der Waals surface area contributed by atoms with Gasteiger partial charge in [-0.25, -0.2) is 4.39 Å². The van der Waals surface area contributed by atoms with Gasteiger partial charge in [-0.3, -0.25) is 0 Å². The van der Waals surface area contributed by atoms with Crippen LogP contribution in [0.25, 0.3) is 0 Å². The van der Waals surface area contributed by atoms with Crippen LogP contribution in [0.2, 0.25) is 0 Å². The predicted octanol–water partition coefficient (Wildman–Crippen LogP) is 3.45. The maximum atomic E-state index is 14.3. The molecule has 1 rings (SSSR count). The SMILES string of the molecule is CCC(CC)N(CCO)c1ccc(C#N)c(Br)c1F. The Kier molecular flexibility index (Phi) is 6.26. The number of nitrogens with zero attached hydrogens (tertiary/aromatic N) is 2. The Morgan fingerprint density at radius 1 is 1.42 bits per heavy atom. The van der Waals surface area contributed by atoms with Crippen molar-refractivity contribution in [2.45, 2.75) is 32.7 Å². The minimum absolute atomic E-state index is 0.0342. The second kappa shape index (κ2) is 7.46. The number of hydrogen-bond donors (Lipinski definition) is 1. The number of hydrogen-bond acceptors (Lipinski definition) is 3. The van der Waals surface area contributed by atoms with E-state index in [-0.39, 0.29) is 22.7 Å². The van der Waals surface area contributed by atoms with Crippen molar-refractivity contribution in [3.05, 3.63) is 28.0 Å². The molecule has 0 unspecified atom stereocenters. The van der Waals surface area contributed by atoms with Crippen molar-refractivity contribution in [1.82, 2.24) is 0 Å². The first-order valence-electron chi connectivity index (χ1n) is 6.36. The lowest BCUT2D eigenvalue weighted by molar-refractivity contribution is 0.295. The molecule has 1 N–H and O–H groups in total. The first kappa shape index (κ1) is 15.9. The molecule has 0 atom stereocenters. The van der Waals surface area contributed by atoms with Crippen LogP contribution in [0.1, 0.15) is 32.3 Å². The Morgan fingerprint density at radius 3 is 2.53 bits per heavy atom. The van der Waals surface area contributed by atoms with E-state index in [9.17, 15) is 9.50 Å². The lowest BCUT2D eigenvalue weighted by Crippen LogP contribution is -2.37. The zero-order valence-electron chi connectivity index (χ0n) is 11.2. The second-order valence-electron chi connectivity index (χ2n) is 4.26. The van der Waals surface area contributed by atoms with Crippen molar-refractivity contribution >= 4 is 21.6 Å². The van der Waals surface area contributed by atoms with Crippen LogP contribution in [-0.4, -0.2) is 24.3 Å². The zero-order chi connectivity index (χ0) is 14.4. The third-order valence-corrected chi connectivity index (χ3v) is 3.99. The maximum absolute atomic E-state index is 14.3. The van der Waals surface area contributed by atoms with Gasteiger partial charge in [-0.15, -0.1) is 0 Å². The molecule has 0 aromatic heterocycles. The van der Waals surface area contributed by atoms with Gasteiger partial charge in [-0.05, 0) is 40.9 Å². The molecule has 0 heterocycles. The van der Waals surface area contributed by atoms with Crippen LogP contribution in [0.3, 0.4) is 0 Å². The quantitative estimate of drug-likeness (QED) is 0.870. The summed E-state index contributed by atoms with van der Waals surface area (Å²) in [6.07, 6.45) is 1.74. The highest BCUT2D eigenvalue weighted by Gasteiger charge is 2.21. The van der Waals surface area contributed by atoms with Gasteiger partial charge in [0.2, 0.25) is 0 Å². The van der Waals surface area contributed by atoms with Gasteiger partial charge >= 0.3 is 0 Å². The summed E-state index contributed by atoms with van der Waals surface area (Å²) in [5.41, 5.74) is 0.698. The summed E-state index contributed by atoms with van der Waals surface area (Å²) >= 11 is 3.12. The predicted molar refractivity (Wildman–Crippen MR) is 77.6 cm³/mol. The van der Waals surface area contributed by atoms with Crippen LogP contribution >= 0.6 is 15.9 Å². The van der Waals surface area contributed by atoms with Gasteiger partial charge in [0.1, 0.15) is 6.07 Å². The molecule has 1 aromatic carbocycles. The standard InChI is InChI=1S/C14H18BrFN2O/c1-3-11(4-2)18(7-8-19)12-6-5-10(9-17)13(15)14(12)16/h5-6,11,19H,3-4,7-8H2,1-2H3. The van der Waals surface area contributed by atoms with Gasteiger partial charge < -0.3 is 10.0 Å². The summed E-state index contributed by atoms with van der Waals surface area (Å²) in [5, 5.41) is 18.0. The van der Waals surface area contributed by atoms with E-state index in [2.05, 4.69) is 15.9 Å². The molecule has 0 spiro atoms. The summed E-state index contributed by atoms with van der Waals surface area (Å²) in [6.45, 7) is 4.42. The van der Waals surface area contributed by atoms with Crippen LogP contribution in [0.4, 0.5) is 10.1 Å². The number of nitriles is 1. The Balaban J connectivity index is 3.24. The number of benzene rings is 1. The van der Waals surface area contributed by atoms with E-state index < -0.39 is 5.82 Å². The molecule has 3 nitrogen and oxygen atoms in total. The van der Waals surface area contributed by atoms with E-state index in [1.165, 1.54) is 0 Å². The number of halogens is 2.